The normalized spacial score (nSPS) is 10.0. The fourth-order valence-electron chi connectivity index (χ4n) is 0.186. The van der Waals surface area contributed by atoms with E-state index in [1.165, 1.54) is 6.40 Å². The molecule has 0 spiro atoms. The second-order valence-corrected chi connectivity index (χ2v) is 1.28. The number of rotatable bonds is 1. The maximum absolute atomic E-state index is 4.54. The van der Waals surface area contributed by atoms with Crippen molar-refractivity contribution in [3.8, 4) is 0 Å². The molecule has 0 aromatic carbocycles. The lowest BCUT2D eigenvalue weighted by Gasteiger charge is -1.79. The van der Waals surface area contributed by atoms with Gasteiger partial charge in [0.05, 0.1) is 0 Å². The molecular weight excluding hydrogens is 168 g/mol. The quantitative estimate of drug-likeness (QED) is 0.692. The highest BCUT2D eigenvalue weighted by Crippen LogP contribution is 1.69. The number of ether oxygens (including phenoxy) is 2. The lowest BCUT2D eigenvalue weighted by Crippen LogP contribution is -1.98. The minimum Gasteiger partial charge on any atom is -0.460 e. The number of hydrogen-bond acceptors (Lipinski definition) is 4. The molecule has 0 saturated carbocycles. The zero-order chi connectivity index (χ0) is 10.9. The Morgan fingerprint density at radius 2 is 1.85 bits per heavy atom. The first-order valence-electron chi connectivity index (χ1n) is 4.76. The van der Waals surface area contributed by atoms with Crippen LogP contribution in [0.15, 0.2) is 5.10 Å². The number of hydrazone groups is 1. The Morgan fingerprint density at radius 1 is 1.38 bits per heavy atom. The first-order chi connectivity index (χ1) is 6.41. The predicted octanol–water partition coefficient (Wildman–Crippen LogP) is 2.21. The molecule has 4 heteroatoms. The molecule has 0 fully saturated rings. The second-order valence-electron chi connectivity index (χ2n) is 1.28. The van der Waals surface area contributed by atoms with E-state index in [9.17, 15) is 0 Å². The Kier molecular flexibility index (Phi) is 42.2. The van der Waals surface area contributed by atoms with Gasteiger partial charge in [-0.3, -0.25) is 5.43 Å². The Morgan fingerprint density at radius 3 is 1.92 bits per heavy atom. The van der Waals surface area contributed by atoms with Crippen molar-refractivity contribution in [1.82, 2.24) is 5.43 Å². The van der Waals surface area contributed by atoms with Crippen molar-refractivity contribution in [2.24, 2.45) is 5.10 Å². The van der Waals surface area contributed by atoms with Crippen LogP contribution in [0.5, 0.6) is 0 Å². The summed E-state index contributed by atoms with van der Waals surface area (Å²) >= 11 is 0. The average Bonchev–Trinajstić information content (AvgIpc) is 2.82. The van der Waals surface area contributed by atoms with Crippen LogP contribution in [0.1, 0.15) is 34.6 Å². The van der Waals surface area contributed by atoms with Crippen molar-refractivity contribution in [3.05, 3.63) is 0 Å². The van der Waals surface area contributed by atoms with Crippen LogP contribution in [0.25, 0.3) is 0 Å². The minimum absolute atomic E-state index is 0.528. The van der Waals surface area contributed by atoms with Gasteiger partial charge in [0.1, 0.15) is 0 Å². The maximum Gasteiger partial charge on any atom is 0.194 e. The van der Waals surface area contributed by atoms with Gasteiger partial charge in [0.25, 0.3) is 0 Å². The van der Waals surface area contributed by atoms with Crippen molar-refractivity contribution >= 4 is 6.40 Å². The Labute approximate surface area is 82.3 Å². The molecule has 0 saturated heterocycles. The molecule has 0 atom stereocenters. The number of nitrogens with zero attached hydrogens (tertiary/aromatic N) is 1. The summed E-state index contributed by atoms with van der Waals surface area (Å²) < 4.78 is 9.08. The largest absolute Gasteiger partial charge is 0.460 e. The zero-order valence-electron chi connectivity index (χ0n) is 9.76. The van der Waals surface area contributed by atoms with Gasteiger partial charge >= 0.3 is 0 Å². The van der Waals surface area contributed by atoms with Gasteiger partial charge in [-0.1, -0.05) is 27.7 Å². The summed E-state index contributed by atoms with van der Waals surface area (Å²) in [4.78, 5) is 0. The minimum atomic E-state index is 0.528. The number of methoxy groups -OCH3 is 1. The molecule has 0 radical (unpaired) electrons. The van der Waals surface area contributed by atoms with Gasteiger partial charge in [-0.05, 0) is 6.92 Å². The monoisotopic (exact) mass is 192 g/mol. The van der Waals surface area contributed by atoms with E-state index in [1.54, 1.807) is 7.11 Å². The Balaban J connectivity index is -0.000000114. The van der Waals surface area contributed by atoms with E-state index >= 15 is 0 Å². The van der Waals surface area contributed by atoms with Crippen LogP contribution >= 0.6 is 0 Å². The van der Waals surface area contributed by atoms with Crippen LogP contribution in [0.3, 0.4) is 0 Å². The number of hydrogen-bond donors (Lipinski definition) is 1. The highest BCUT2D eigenvalue weighted by Gasteiger charge is 1.81. The van der Waals surface area contributed by atoms with Crippen LogP contribution in [0.4, 0.5) is 0 Å². The summed E-state index contributed by atoms with van der Waals surface area (Å²) in [7, 11) is 1.68. The molecule has 0 aromatic heterocycles. The van der Waals surface area contributed by atoms with E-state index in [4.69, 9.17) is 0 Å². The summed E-state index contributed by atoms with van der Waals surface area (Å²) in [5.74, 6) is 0. The smallest absolute Gasteiger partial charge is 0.194 e. The fraction of sp³-hybridized carbons (Fsp3) is 0.889. The molecule has 0 unspecified atom stereocenters. The molecule has 13 heavy (non-hydrogen) atoms. The average molecular weight is 192 g/mol. The van der Waals surface area contributed by atoms with Gasteiger partial charge in [0.2, 0.25) is 0 Å². The third-order valence-electron chi connectivity index (χ3n) is 0.655. The van der Waals surface area contributed by atoms with Crippen molar-refractivity contribution in [1.29, 1.82) is 0 Å². The van der Waals surface area contributed by atoms with Crippen molar-refractivity contribution in [2.75, 3.05) is 20.4 Å². The first-order valence-corrected chi connectivity index (χ1v) is 4.76. The first kappa shape index (κ1) is 18.1. The van der Waals surface area contributed by atoms with Gasteiger partial charge in [0.15, 0.2) is 13.1 Å². The van der Waals surface area contributed by atoms with Crippen molar-refractivity contribution < 1.29 is 9.47 Å². The topological polar surface area (TPSA) is 42.9 Å². The van der Waals surface area contributed by atoms with Gasteiger partial charge in [-0.15, -0.1) is 5.10 Å². The lowest BCUT2D eigenvalue weighted by molar-refractivity contribution is 0.215. The molecule has 1 aliphatic heterocycles. The standard InChI is InChI=1S/C3H8O.C2H4N2O.2C2H6/c1-3-4-2;1-3-4-2-5-1;2*1-2/h3H2,1-2H3;1,4H,2H2;2*1-2H3. The SMILES string of the molecule is C1=NNCO1.CC.CC.CCOC. The summed E-state index contributed by atoms with van der Waals surface area (Å²) in [5.41, 5.74) is 2.57. The molecule has 0 amide bonds. The molecule has 1 N–H and O–H groups in total. The number of nitrogens with one attached hydrogen (secondary N) is 1. The zero-order valence-corrected chi connectivity index (χ0v) is 9.76. The molecule has 4 nitrogen and oxygen atoms in total. The van der Waals surface area contributed by atoms with Gasteiger partial charge < -0.3 is 9.47 Å². The van der Waals surface area contributed by atoms with E-state index in [1.807, 2.05) is 34.6 Å². The Hall–Kier alpha value is -0.770. The van der Waals surface area contributed by atoms with Crippen LogP contribution in [-0.2, 0) is 9.47 Å². The van der Waals surface area contributed by atoms with Gasteiger partial charge in [0, 0.05) is 13.7 Å². The summed E-state index contributed by atoms with van der Waals surface area (Å²) in [5, 5.41) is 3.49. The van der Waals surface area contributed by atoms with Crippen LogP contribution in [0.2, 0.25) is 0 Å². The van der Waals surface area contributed by atoms with Gasteiger partial charge in [-0.25, -0.2) is 0 Å². The summed E-state index contributed by atoms with van der Waals surface area (Å²) in [6, 6.07) is 0. The van der Waals surface area contributed by atoms with Crippen molar-refractivity contribution in [3.63, 3.8) is 0 Å². The molecule has 1 heterocycles. The highest BCUT2D eigenvalue weighted by molar-refractivity contribution is 5.46. The molecule has 0 aliphatic carbocycles. The maximum atomic E-state index is 4.54. The van der Waals surface area contributed by atoms with Crippen LogP contribution in [-0.4, -0.2) is 26.8 Å². The van der Waals surface area contributed by atoms with E-state index < -0.39 is 0 Å². The molecule has 1 aliphatic rings. The molecule has 0 bridgehead atoms. The van der Waals surface area contributed by atoms with Crippen LogP contribution in [0, 0.1) is 0 Å². The third kappa shape index (κ3) is 35.0. The predicted molar refractivity (Wildman–Crippen MR) is 57.8 cm³/mol. The fourth-order valence-corrected chi connectivity index (χ4v) is 0.186. The molecule has 82 valence electrons. The van der Waals surface area contributed by atoms with Gasteiger partial charge in [-0.2, -0.15) is 0 Å². The van der Waals surface area contributed by atoms with E-state index in [2.05, 4.69) is 20.0 Å². The Bertz CT molecular complexity index is 70.0. The van der Waals surface area contributed by atoms with E-state index in [0.717, 1.165) is 6.61 Å². The van der Waals surface area contributed by atoms with Crippen molar-refractivity contribution in [2.45, 2.75) is 34.6 Å². The summed E-state index contributed by atoms with van der Waals surface area (Å²) in [6.45, 7) is 11.3. The molecular formula is C9H24N2O2. The summed E-state index contributed by atoms with van der Waals surface area (Å²) in [6.07, 6.45) is 1.38. The second kappa shape index (κ2) is 30.3. The lowest BCUT2D eigenvalue weighted by atomic mass is 10.9. The van der Waals surface area contributed by atoms with Crippen LogP contribution < -0.4 is 5.43 Å². The van der Waals surface area contributed by atoms with E-state index in [0.29, 0.717) is 6.73 Å². The highest BCUT2D eigenvalue weighted by atomic mass is 16.5. The molecule has 0 aromatic rings. The third-order valence-corrected chi connectivity index (χ3v) is 0.655. The molecule has 1 rings (SSSR count). The van der Waals surface area contributed by atoms with E-state index in [-0.39, 0.29) is 0 Å².